The Kier molecular flexibility index (Phi) is 4.36. The maximum absolute atomic E-state index is 9.31. The minimum absolute atomic E-state index is 0.0946. The fraction of sp³-hybridized carbons (Fsp3) is 0.385. The molecule has 0 aromatic heterocycles. The van der Waals surface area contributed by atoms with Crippen molar-refractivity contribution >= 4 is 0 Å². The predicted molar refractivity (Wildman–Crippen MR) is 60.2 cm³/mol. The third kappa shape index (κ3) is 3.09. The van der Waals surface area contributed by atoms with Crippen LogP contribution in [0.5, 0.6) is 0 Å². The van der Waals surface area contributed by atoms with Gasteiger partial charge in [0, 0.05) is 11.8 Å². The molecule has 1 aromatic carbocycles. The van der Waals surface area contributed by atoms with Crippen molar-refractivity contribution in [2.75, 3.05) is 13.2 Å². The molecule has 2 nitrogen and oxygen atoms in total. The number of aliphatic hydroxyl groups excluding tert-OH is 2. The second-order valence-electron chi connectivity index (χ2n) is 3.86. The van der Waals surface area contributed by atoms with Gasteiger partial charge in [-0.1, -0.05) is 30.3 Å². The van der Waals surface area contributed by atoms with Crippen LogP contribution in [0.4, 0.5) is 0 Å². The van der Waals surface area contributed by atoms with Crippen molar-refractivity contribution in [1.29, 1.82) is 0 Å². The summed E-state index contributed by atoms with van der Waals surface area (Å²) in [5.74, 6) is 2.51. The molecule has 15 heavy (non-hydrogen) atoms. The third-order valence-corrected chi connectivity index (χ3v) is 2.57. The van der Waals surface area contributed by atoms with E-state index in [9.17, 15) is 10.2 Å². The Labute approximate surface area is 90.6 Å². The van der Waals surface area contributed by atoms with Crippen LogP contribution in [0.25, 0.3) is 0 Å². The molecule has 0 heterocycles. The summed E-state index contributed by atoms with van der Waals surface area (Å²) in [6.07, 6.45) is 6.23. The van der Waals surface area contributed by atoms with Gasteiger partial charge in [-0.05, 0) is 12.0 Å². The van der Waals surface area contributed by atoms with E-state index in [0.29, 0.717) is 12.8 Å². The topological polar surface area (TPSA) is 40.5 Å². The Morgan fingerprint density at radius 2 is 1.73 bits per heavy atom. The molecule has 2 heteroatoms. The molecular weight excluding hydrogens is 188 g/mol. The van der Waals surface area contributed by atoms with Gasteiger partial charge in [0.05, 0.1) is 13.2 Å². The molecule has 0 spiro atoms. The lowest BCUT2D eigenvalue weighted by Gasteiger charge is -2.27. The zero-order valence-electron chi connectivity index (χ0n) is 8.69. The second kappa shape index (κ2) is 5.55. The van der Waals surface area contributed by atoms with Crippen LogP contribution in [-0.4, -0.2) is 23.4 Å². The maximum atomic E-state index is 9.31. The molecule has 1 rings (SSSR count). The van der Waals surface area contributed by atoms with Crippen LogP contribution in [0.2, 0.25) is 0 Å². The molecule has 0 amide bonds. The maximum Gasteiger partial charge on any atom is 0.0521 e. The van der Waals surface area contributed by atoms with E-state index in [1.54, 1.807) is 0 Å². The summed E-state index contributed by atoms with van der Waals surface area (Å²) in [6, 6.07) is 9.74. The van der Waals surface area contributed by atoms with Crippen molar-refractivity contribution in [3.63, 3.8) is 0 Å². The minimum Gasteiger partial charge on any atom is -0.396 e. The van der Waals surface area contributed by atoms with Crippen LogP contribution in [0, 0.1) is 17.8 Å². The monoisotopic (exact) mass is 204 g/mol. The first kappa shape index (κ1) is 11.8. The molecule has 0 fully saturated rings. The number of hydrogen-bond acceptors (Lipinski definition) is 2. The Bertz CT molecular complexity index is 320. The van der Waals surface area contributed by atoms with E-state index in [1.807, 2.05) is 30.3 Å². The van der Waals surface area contributed by atoms with E-state index in [0.717, 1.165) is 5.56 Å². The van der Waals surface area contributed by atoms with Crippen molar-refractivity contribution in [3.05, 3.63) is 35.9 Å². The molecule has 0 atom stereocenters. The minimum atomic E-state index is -0.587. The molecule has 0 aliphatic heterocycles. The number of aliphatic hydroxyl groups is 2. The summed E-state index contributed by atoms with van der Waals surface area (Å²) >= 11 is 0. The second-order valence-corrected chi connectivity index (χ2v) is 3.86. The van der Waals surface area contributed by atoms with Gasteiger partial charge in [-0.3, -0.25) is 0 Å². The van der Waals surface area contributed by atoms with Crippen molar-refractivity contribution in [3.8, 4) is 12.3 Å². The molecule has 1 aromatic rings. The summed E-state index contributed by atoms with van der Waals surface area (Å²) in [4.78, 5) is 0. The van der Waals surface area contributed by atoms with Gasteiger partial charge >= 0.3 is 0 Å². The lowest BCUT2D eigenvalue weighted by atomic mass is 9.80. The van der Waals surface area contributed by atoms with Crippen molar-refractivity contribution in [1.82, 2.24) is 0 Å². The standard InChI is InChI=1S/C13H16O2/c1-2-8-13(10-14,11-15)9-12-6-4-3-5-7-12/h1,3-7,14-15H,8-11H2. The normalized spacial score (nSPS) is 11.0. The fourth-order valence-corrected chi connectivity index (χ4v) is 1.58. The van der Waals surface area contributed by atoms with Crippen LogP contribution in [0.3, 0.4) is 0 Å². The van der Waals surface area contributed by atoms with Gasteiger partial charge in [0.1, 0.15) is 0 Å². The molecular formula is C13H16O2. The van der Waals surface area contributed by atoms with Gasteiger partial charge in [0.15, 0.2) is 0 Å². The van der Waals surface area contributed by atoms with E-state index < -0.39 is 5.41 Å². The molecule has 0 unspecified atom stereocenters. The van der Waals surface area contributed by atoms with Crippen LogP contribution < -0.4 is 0 Å². The zero-order valence-corrected chi connectivity index (χ0v) is 8.69. The fourth-order valence-electron chi connectivity index (χ4n) is 1.58. The quantitative estimate of drug-likeness (QED) is 0.708. The van der Waals surface area contributed by atoms with Crippen molar-refractivity contribution in [2.24, 2.45) is 5.41 Å². The van der Waals surface area contributed by atoms with Crippen LogP contribution >= 0.6 is 0 Å². The molecule has 0 saturated heterocycles. The highest BCUT2D eigenvalue weighted by atomic mass is 16.3. The first-order chi connectivity index (χ1) is 7.26. The van der Waals surface area contributed by atoms with E-state index in [4.69, 9.17) is 6.42 Å². The van der Waals surface area contributed by atoms with Gasteiger partial charge in [-0.15, -0.1) is 12.3 Å². The van der Waals surface area contributed by atoms with Gasteiger partial charge < -0.3 is 10.2 Å². The Morgan fingerprint density at radius 1 is 1.13 bits per heavy atom. The summed E-state index contributed by atoms with van der Waals surface area (Å²) < 4.78 is 0. The third-order valence-electron chi connectivity index (χ3n) is 2.57. The smallest absolute Gasteiger partial charge is 0.0521 e. The van der Waals surface area contributed by atoms with Crippen LogP contribution in [-0.2, 0) is 6.42 Å². The molecule has 0 aliphatic rings. The number of rotatable bonds is 5. The van der Waals surface area contributed by atoms with Gasteiger partial charge in [-0.2, -0.15) is 0 Å². The van der Waals surface area contributed by atoms with Gasteiger partial charge in [0.2, 0.25) is 0 Å². The number of terminal acetylenes is 1. The van der Waals surface area contributed by atoms with Crippen molar-refractivity contribution in [2.45, 2.75) is 12.8 Å². The molecule has 0 bridgehead atoms. The van der Waals surface area contributed by atoms with Gasteiger partial charge in [0.25, 0.3) is 0 Å². The largest absolute Gasteiger partial charge is 0.396 e. The average Bonchev–Trinajstić information content (AvgIpc) is 2.30. The SMILES string of the molecule is C#CCC(CO)(CO)Cc1ccccc1. The van der Waals surface area contributed by atoms with E-state index in [-0.39, 0.29) is 13.2 Å². The highest BCUT2D eigenvalue weighted by Gasteiger charge is 2.28. The van der Waals surface area contributed by atoms with Crippen LogP contribution in [0.1, 0.15) is 12.0 Å². The molecule has 2 N–H and O–H groups in total. The predicted octanol–water partition coefficient (Wildman–Crippen LogP) is 1.22. The lowest BCUT2D eigenvalue weighted by Crippen LogP contribution is -2.32. The van der Waals surface area contributed by atoms with E-state index in [1.165, 1.54) is 0 Å². The Hall–Kier alpha value is -1.30. The van der Waals surface area contributed by atoms with E-state index >= 15 is 0 Å². The zero-order chi connectivity index (χ0) is 11.1. The summed E-state index contributed by atoms with van der Waals surface area (Å²) in [6.45, 7) is -0.189. The van der Waals surface area contributed by atoms with Gasteiger partial charge in [-0.25, -0.2) is 0 Å². The molecule has 0 aliphatic carbocycles. The lowest BCUT2D eigenvalue weighted by molar-refractivity contribution is 0.0588. The molecule has 80 valence electrons. The van der Waals surface area contributed by atoms with Crippen LogP contribution in [0.15, 0.2) is 30.3 Å². The Morgan fingerprint density at radius 3 is 2.20 bits per heavy atom. The summed E-state index contributed by atoms with van der Waals surface area (Å²) in [7, 11) is 0. The first-order valence-electron chi connectivity index (χ1n) is 4.95. The number of hydrogen-bond donors (Lipinski definition) is 2. The van der Waals surface area contributed by atoms with E-state index in [2.05, 4.69) is 5.92 Å². The summed E-state index contributed by atoms with van der Waals surface area (Å²) in [5.41, 5.74) is 0.492. The highest BCUT2D eigenvalue weighted by Crippen LogP contribution is 2.25. The average molecular weight is 204 g/mol. The molecule has 0 saturated carbocycles. The first-order valence-corrected chi connectivity index (χ1v) is 4.95. The number of benzene rings is 1. The van der Waals surface area contributed by atoms with Crippen molar-refractivity contribution < 1.29 is 10.2 Å². The Balaban J connectivity index is 2.80. The highest BCUT2D eigenvalue weighted by molar-refractivity contribution is 5.17. The molecule has 0 radical (unpaired) electrons. The summed E-state index contributed by atoms with van der Waals surface area (Å²) in [5, 5.41) is 18.6.